The van der Waals surface area contributed by atoms with Gasteiger partial charge in [-0.1, -0.05) is 6.07 Å². The summed E-state index contributed by atoms with van der Waals surface area (Å²) in [4.78, 5) is 12.6. The Kier molecular flexibility index (Phi) is 5.84. The molecule has 2 aromatic carbocycles. The summed E-state index contributed by atoms with van der Waals surface area (Å²) in [5, 5.41) is 69.7. The van der Waals surface area contributed by atoms with Crippen LogP contribution >= 0.6 is 0 Å². The molecule has 1 fully saturated rings. The average Bonchev–Trinajstić information content (AvgIpc) is 2.73. The molecule has 2 aliphatic heterocycles. The molecule has 2 heterocycles. The average molecular weight is 450 g/mol. The van der Waals surface area contributed by atoms with Gasteiger partial charge in [-0.05, 0) is 12.1 Å². The van der Waals surface area contributed by atoms with Crippen molar-refractivity contribution in [1.29, 1.82) is 0 Å². The van der Waals surface area contributed by atoms with Crippen molar-refractivity contribution in [2.24, 2.45) is 0 Å². The van der Waals surface area contributed by atoms with Crippen LogP contribution in [0.1, 0.15) is 28.4 Å². The van der Waals surface area contributed by atoms with E-state index in [1.165, 1.54) is 18.2 Å². The number of ether oxygens (including phenoxy) is 3. The van der Waals surface area contributed by atoms with Gasteiger partial charge in [-0.15, -0.1) is 0 Å². The zero-order chi connectivity index (χ0) is 23.2. The number of fused-ring (bicyclic) bond motifs is 1. The second-order valence-corrected chi connectivity index (χ2v) is 7.58. The van der Waals surface area contributed by atoms with Crippen molar-refractivity contribution in [1.82, 2.24) is 0 Å². The lowest BCUT2D eigenvalue weighted by Crippen LogP contribution is -2.60. The lowest BCUT2D eigenvalue weighted by atomic mass is 9.94. The monoisotopic (exact) mass is 450 g/mol. The molecular formula is C21H22O11. The van der Waals surface area contributed by atoms with E-state index < -0.39 is 54.9 Å². The number of carbonyl (C=O) groups is 1. The summed E-state index contributed by atoms with van der Waals surface area (Å²) in [7, 11) is 0. The highest BCUT2D eigenvalue weighted by Gasteiger charge is 2.45. The number of Topliss-reactive ketones (excluding diaryl/α,β-unsaturated/α-hetero) is 1. The van der Waals surface area contributed by atoms with Crippen LogP contribution in [0.5, 0.6) is 28.7 Å². The van der Waals surface area contributed by atoms with Crippen LogP contribution in [0.3, 0.4) is 0 Å². The quantitative estimate of drug-likeness (QED) is 0.324. The first-order valence-corrected chi connectivity index (χ1v) is 9.76. The molecule has 0 aromatic heterocycles. The van der Waals surface area contributed by atoms with E-state index in [4.69, 9.17) is 14.2 Å². The molecule has 0 saturated carbocycles. The Labute approximate surface area is 181 Å². The molecule has 7 N–H and O–H groups in total. The smallest absolute Gasteiger partial charge is 0.229 e. The van der Waals surface area contributed by atoms with Gasteiger partial charge in [0.1, 0.15) is 64.8 Å². The molecule has 172 valence electrons. The highest BCUT2D eigenvalue weighted by molar-refractivity contribution is 6.02. The Balaban J connectivity index is 1.66. The van der Waals surface area contributed by atoms with E-state index in [2.05, 4.69) is 0 Å². The third kappa shape index (κ3) is 3.80. The Bertz CT molecular complexity index is 1020. The predicted molar refractivity (Wildman–Crippen MR) is 105 cm³/mol. The molecule has 11 nitrogen and oxygen atoms in total. The Morgan fingerprint density at radius 2 is 1.75 bits per heavy atom. The number of rotatable bonds is 4. The van der Waals surface area contributed by atoms with E-state index in [0.717, 1.165) is 12.1 Å². The third-order valence-electron chi connectivity index (χ3n) is 5.44. The topological polar surface area (TPSA) is 186 Å². The van der Waals surface area contributed by atoms with Gasteiger partial charge < -0.3 is 50.0 Å². The van der Waals surface area contributed by atoms with Crippen molar-refractivity contribution in [3.63, 3.8) is 0 Å². The number of ketones is 1. The molecule has 0 unspecified atom stereocenters. The van der Waals surface area contributed by atoms with Crippen LogP contribution in [-0.4, -0.2) is 78.8 Å². The molecule has 4 rings (SSSR count). The zero-order valence-corrected chi connectivity index (χ0v) is 16.5. The van der Waals surface area contributed by atoms with Crippen LogP contribution in [-0.2, 0) is 4.74 Å². The lowest BCUT2D eigenvalue weighted by Gasteiger charge is -2.40. The summed E-state index contributed by atoms with van der Waals surface area (Å²) in [6.45, 7) is -0.651. The Morgan fingerprint density at radius 3 is 2.47 bits per heavy atom. The van der Waals surface area contributed by atoms with Gasteiger partial charge in [0.05, 0.1) is 18.6 Å². The molecule has 2 aliphatic rings. The SMILES string of the molecule is O=C1C[C@@H](c2c(O)cccc2O[C@@H]2O[C@H](CO)[C@@H](O)[C@H](O)[C@H]2O)Oc2cc(O)cc(O)c21. The minimum atomic E-state index is -1.69. The molecule has 11 heteroatoms. The lowest BCUT2D eigenvalue weighted by molar-refractivity contribution is -0.277. The molecule has 0 spiro atoms. The van der Waals surface area contributed by atoms with Crippen LogP contribution < -0.4 is 9.47 Å². The van der Waals surface area contributed by atoms with Crippen LogP contribution in [0, 0.1) is 0 Å². The van der Waals surface area contributed by atoms with Gasteiger partial charge in [-0.3, -0.25) is 4.79 Å². The number of carbonyl (C=O) groups excluding carboxylic acids is 1. The molecule has 0 radical (unpaired) electrons. The molecule has 1 saturated heterocycles. The summed E-state index contributed by atoms with van der Waals surface area (Å²) >= 11 is 0. The number of hydrogen-bond acceptors (Lipinski definition) is 11. The fourth-order valence-electron chi connectivity index (χ4n) is 3.83. The van der Waals surface area contributed by atoms with Crippen LogP contribution in [0.4, 0.5) is 0 Å². The van der Waals surface area contributed by atoms with E-state index in [1.807, 2.05) is 0 Å². The van der Waals surface area contributed by atoms with E-state index >= 15 is 0 Å². The van der Waals surface area contributed by atoms with Gasteiger partial charge in [-0.25, -0.2) is 0 Å². The fraction of sp³-hybridized carbons (Fsp3) is 0.381. The van der Waals surface area contributed by atoms with E-state index in [1.54, 1.807) is 0 Å². The maximum Gasteiger partial charge on any atom is 0.229 e. The molecule has 6 atom stereocenters. The van der Waals surface area contributed by atoms with Gasteiger partial charge in [0, 0.05) is 12.1 Å². The van der Waals surface area contributed by atoms with Crippen molar-refractivity contribution in [3.05, 3.63) is 41.5 Å². The molecule has 0 amide bonds. The molecule has 32 heavy (non-hydrogen) atoms. The highest BCUT2D eigenvalue weighted by atomic mass is 16.7. The van der Waals surface area contributed by atoms with Gasteiger partial charge in [-0.2, -0.15) is 0 Å². The van der Waals surface area contributed by atoms with E-state index in [0.29, 0.717) is 0 Å². The molecule has 2 aromatic rings. The van der Waals surface area contributed by atoms with Gasteiger partial charge in [0.25, 0.3) is 0 Å². The largest absolute Gasteiger partial charge is 0.508 e. The van der Waals surface area contributed by atoms with Crippen molar-refractivity contribution in [3.8, 4) is 28.7 Å². The second kappa shape index (κ2) is 8.45. The summed E-state index contributed by atoms with van der Waals surface area (Å²) in [6.07, 6.45) is -9.03. The first-order valence-electron chi connectivity index (χ1n) is 9.76. The van der Waals surface area contributed by atoms with Crippen molar-refractivity contribution >= 4 is 5.78 Å². The van der Waals surface area contributed by atoms with Gasteiger partial charge >= 0.3 is 0 Å². The number of hydrogen-bond donors (Lipinski definition) is 7. The van der Waals surface area contributed by atoms with Crippen molar-refractivity contribution < 1.29 is 54.8 Å². The van der Waals surface area contributed by atoms with Gasteiger partial charge in [0.15, 0.2) is 5.78 Å². The fourth-order valence-corrected chi connectivity index (χ4v) is 3.83. The van der Waals surface area contributed by atoms with Crippen molar-refractivity contribution in [2.75, 3.05) is 6.61 Å². The summed E-state index contributed by atoms with van der Waals surface area (Å²) < 4.78 is 16.7. The minimum absolute atomic E-state index is 0.0197. The number of aliphatic hydroxyl groups excluding tert-OH is 4. The number of benzene rings is 2. The van der Waals surface area contributed by atoms with E-state index in [9.17, 15) is 40.5 Å². The molecule has 0 bridgehead atoms. The maximum absolute atomic E-state index is 12.6. The number of aromatic hydroxyl groups is 3. The van der Waals surface area contributed by atoms with Crippen LogP contribution in [0.2, 0.25) is 0 Å². The standard InChI is InChI=1S/C21H22O11/c22-7-15-18(27)19(28)20(29)21(32-15)31-12-3-1-2-9(24)17(12)14-6-11(26)16-10(25)4-8(23)5-13(16)30-14/h1-5,14-15,18-25,27-29H,6-7H2/t14-,15+,18+,19-,20+,21+/m0/s1. The molecular weight excluding hydrogens is 428 g/mol. The number of aliphatic hydroxyl groups is 4. The third-order valence-corrected chi connectivity index (χ3v) is 5.44. The maximum atomic E-state index is 12.6. The summed E-state index contributed by atoms with van der Waals surface area (Å²) in [6, 6.07) is 6.30. The second-order valence-electron chi connectivity index (χ2n) is 7.58. The van der Waals surface area contributed by atoms with E-state index in [-0.39, 0.29) is 40.5 Å². The first kappa shape index (κ1) is 22.1. The predicted octanol–water partition coefficient (Wildman–Crippen LogP) is -0.311. The van der Waals surface area contributed by atoms with Crippen LogP contribution in [0.15, 0.2) is 30.3 Å². The number of phenols is 3. The Morgan fingerprint density at radius 1 is 1.00 bits per heavy atom. The first-order chi connectivity index (χ1) is 15.2. The normalized spacial score (nSPS) is 29.8. The summed E-state index contributed by atoms with van der Waals surface area (Å²) in [5.74, 6) is -1.73. The summed E-state index contributed by atoms with van der Waals surface area (Å²) in [5.41, 5.74) is -0.0860. The van der Waals surface area contributed by atoms with Crippen molar-refractivity contribution in [2.45, 2.75) is 43.2 Å². The zero-order valence-electron chi connectivity index (χ0n) is 16.5. The molecule has 0 aliphatic carbocycles. The Hall–Kier alpha value is -3.09. The van der Waals surface area contributed by atoms with Gasteiger partial charge in [0.2, 0.25) is 6.29 Å². The van der Waals surface area contributed by atoms with Crippen LogP contribution in [0.25, 0.3) is 0 Å². The minimum Gasteiger partial charge on any atom is -0.508 e. The highest BCUT2D eigenvalue weighted by Crippen LogP contribution is 2.46. The number of phenolic OH excluding ortho intramolecular Hbond substituents is 3.